The summed E-state index contributed by atoms with van der Waals surface area (Å²) in [6.45, 7) is 4.34. The Morgan fingerprint density at radius 2 is 1.85 bits per heavy atom. The average Bonchev–Trinajstić information content (AvgIpc) is 3.49. The Bertz CT molecular complexity index is 1160. The van der Waals surface area contributed by atoms with Gasteiger partial charge in [-0.25, -0.2) is 0 Å². The fourth-order valence-electron chi connectivity index (χ4n) is 3.66. The van der Waals surface area contributed by atoms with Crippen molar-refractivity contribution in [2.45, 2.75) is 38.2 Å². The van der Waals surface area contributed by atoms with E-state index in [1.807, 2.05) is 32.0 Å². The van der Waals surface area contributed by atoms with Gasteiger partial charge in [0, 0.05) is 11.6 Å². The summed E-state index contributed by atoms with van der Waals surface area (Å²) in [5, 5.41) is 5.64. The second kappa shape index (κ2) is 10.6. The molecule has 2 N–H and O–H groups in total. The number of benzene rings is 2. The molecule has 176 valence electrons. The molecular weight excluding hydrogens is 450 g/mol. The van der Waals surface area contributed by atoms with Gasteiger partial charge in [-0.3, -0.25) is 14.4 Å². The highest BCUT2D eigenvalue weighted by molar-refractivity contribution is 8.00. The van der Waals surface area contributed by atoms with Crippen molar-refractivity contribution in [3.63, 3.8) is 0 Å². The zero-order chi connectivity index (χ0) is 24.1. The van der Waals surface area contributed by atoms with Crippen LogP contribution >= 0.6 is 11.8 Å². The van der Waals surface area contributed by atoms with E-state index in [0.29, 0.717) is 29.1 Å². The van der Waals surface area contributed by atoms with Crippen LogP contribution in [0.4, 0.5) is 5.69 Å². The summed E-state index contributed by atoms with van der Waals surface area (Å²) < 4.78 is 5.40. The molecule has 0 unspecified atom stereocenters. The molecule has 1 fully saturated rings. The van der Waals surface area contributed by atoms with Crippen LogP contribution in [0.15, 0.2) is 71.3 Å². The molecule has 3 aromatic rings. The number of hydrogen-bond acceptors (Lipinski definition) is 5. The fraction of sp³-hybridized carbons (Fsp3) is 0.269. The second-order valence-electron chi connectivity index (χ2n) is 8.17. The first kappa shape index (κ1) is 23.6. The lowest BCUT2D eigenvalue weighted by molar-refractivity contribution is -0.128. The predicted octanol–water partition coefficient (Wildman–Crippen LogP) is 4.83. The van der Waals surface area contributed by atoms with Crippen molar-refractivity contribution in [1.29, 1.82) is 0 Å². The molecule has 1 aliphatic rings. The van der Waals surface area contributed by atoms with Gasteiger partial charge in [0.1, 0.15) is 11.1 Å². The number of carbonyl (C=O) groups is 3. The maximum atomic E-state index is 12.9. The normalized spacial score (nSPS) is 16.4. The number of para-hydroxylation sites is 1. The molecule has 34 heavy (non-hydrogen) atoms. The number of nitrogens with zero attached hydrogens (tertiary/aromatic N) is 1. The van der Waals surface area contributed by atoms with Gasteiger partial charge in [0.15, 0.2) is 0 Å². The van der Waals surface area contributed by atoms with Crippen LogP contribution in [0.2, 0.25) is 0 Å². The van der Waals surface area contributed by atoms with Crippen molar-refractivity contribution in [1.82, 2.24) is 10.2 Å². The number of anilines is 1. The lowest BCUT2D eigenvalue weighted by Crippen LogP contribution is -2.32. The van der Waals surface area contributed by atoms with Crippen LogP contribution in [0.3, 0.4) is 0 Å². The van der Waals surface area contributed by atoms with E-state index in [4.69, 9.17) is 4.42 Å². The van der Waals surface area contributed by atoms with E-state index in [-0.39, 0.29) is 29.1 Å². The standard InChI is InChI=1S/C26H27N3O4S/c1-3-17(2)27-25(32)21-8-4-5-9-22(21)28-24(31)18-10-12-19(13-11-18)26-29(23(30)16-34-26)15-20-7-6-14-33-20/h4-14,17,26H,3,15-16H2,1-2H3,(H,27,32)(H,28,31)/t17-,26-/m0/s1. The summed E-state index contributed by atoms with van der Waals surface area (Å²) in [7, 11) is 0. The Balaban J connectivity index is 1.46. The van der Waals surface area contributed by atoms with E-state index in [1.54, 1.807) is 65.4 Å². The van der Waals surface area contributed by atoms with Crippen LogP contribution in [-0.2, 0) is 11.3 Å². The van der Waals surface area contributed by atoms with Gasteiger partial charge in [-0.1, -0.05) is 31.2 Å². The Kier molecular flexibility index (Phi) is 7.37. The molecule has 1 saturated heterocycles. The highest BCUT2D eigenvalue weighted by atomic mass is 32.2. The van der Waals surface area contributed by atoms with Gasteiger partial charge in [-0.15, -0.1) is 11.8 Å². The highest BCUT2D eigenvalue weighted by Crippen LogP contribution is 2.39. The van der Waals surface area contributed by atoms with Gasteiger partial charge < -0.3 is 20.0 Å². The van der Waals surface area contributed by atoms with Crippen LogP contribution < -0.4 is 10.6 Å². The smallest absolute Gasteiger partial charge is 0.255 e. The highest BCUT2D eigenvalue weighted by Gasteiger charge is 2.33. The number of hydrogen-bond donors (Lipinski definition) is 2. The molecule has 2 aromatic carbocycles. The zero-order valence-electron chi connectivity index (χ0n) is 19.1. The number of carbonyl (C=O) groups excluding carboxylic acids is 3. The quantitative estimate of drug-likeness (QED) is 0.485. The lowest BCUT2D eigenvalue weighted by atomic mass is 10.1. The van der Waals surface area contributed by atoms with Gasteiger partial charge in [-0.05, 0) is 55.3 Å². The minimum absolute atomic E-state index is 0.0384. The molecule has 8 heteroatoms. The Labute approximate surface area is 202 Å². The van der Waals surface area contributed by atoms with Gasteiger partial charge >= 0.3 is 0 Å². The van der Waals surface area contributed by atoms with Crippen LogP contribution in [0.5, 0.6) is 0 Å². The van der Waals surface area contributed by atoms with Crippen LogP contribution in [0.1, 0.15) is 57.7 Å². The molecule has 0 aliphatic carbocycles. The van der Waals surface area contributed by atoms with Crippen molar-refractivity contribution in [2.24, 2.45) is 0 Å². The molecule has 3 amide bonds. The Morgan fingerprint density at radius 1 is 1.09 bits per heavy atom. The summed E-state index contributed by atoms with van der Waals surface area (Å²) in [5.74, 6) is 0.662. The third kappa shape index (κ3) is 5.34. The molecular formula is C26H27N3O4S. The molecule has 7 nitrogen and oxygen atoms in total. The summed E-state index contributed by atoms with van der Waals surface area (Å²) in [5.41, 5.74) is 2.28. The van der Waals surface area contributed by atoms with E-state index in [2.05, 4.69) is 10.6 Å². The van der Waals surface area contributed by atoms with Crippen molar-refractivity contribution >= 4 is 35.2 Å². The number of nitrogens with one attached hydrogen (secondary N) is 2. The zero-order valence-corrected chi connectivity index (χ0v) is 19.9. The number of rotatable bonds is 8. The predicted molar refractivity (Wildman–Crippen MR) is 133 cm³/mol. The first-order valence-electron chi connectivity index (χ1n) is 11.2. The van der Waals surface area contributed by atoms with Gasteiger partial charge in [0.2, 0.25) is 5.91 Å². The average molecular weight is 478 g/mol. The minimum atomic E-state index is -0.307. The van der Waals surface area contributed by atoms with E-state index in [9.17, 15) is 14.4 Å². The molecule has 0 bridgehead atoms. The molecule has 2 heterocycles. The number of thioether (sulfide) groups is 1. The molecule has 0 radical (unpaired) electrons. The Morgan fingerprint density at radius 3 is 2.56 bits per heavy atom. The first-order chi connectivity index (χ1) is 16.5. The maximum absolute atomic E-state index is 12.9. The topological polar surface area (TPSA) is 91.7 Å². The number of amides is 3. The van der Waals surface area contributed by atoms with E-state index in [1.165, 1.54) is 0 Å². The fourth-order valence-corrected chi connectivity index (χ4v) is 4.85. The number of furan rings is 1. The van der Waals surface area contributed by atoms with E-state index in [0.717, 1.165) is 17.7 Å². The van der Waals surface area contributed by atoms with Gasteiger partial charge in [-0.2, -0.15) is 0 Å². The van der Waals surface area contributed by atoms with E-state index < -0.39 is 0 Å². The minimum Gasteiger partial charge on any atom is -0.467 e. The molecule has 4 rings (SSSR count). The Hall–Kier alpha value is -3.52. The molecule has 0 saturated carbocycles. The van der Waals surface area contributed by atoms with Crippen molar-refractivity contribution in [3.8, 4) is 0 Å². The van der Waals surface area contributed by atoms with Crippen molar-refractivity contribution in [3.05, 3.63) is 89.4 Å². The van der Waals surface area contributed by atoms with Crippen LogP contribution in [0, 0.1) is 0 Å². The second-order valence-corrected chi connectivity index (χ2v) is 9.24. The summed E-state index contributed by atoms with van der Waals surface area (Å²) in [6, 6.07) is 17.8. The molecule has 2 atom stereocenters. The van der Waals surface area contributed by atoms with Crippen molar-refractivity contribution < 1.29 is 18.8 Å². The first-order valence-corrected chi connectivity index (χ1v) is 12.3. The monoisotopic (exact) mass is 477 g/mol. The molecule has 1 aromatic heterocycles. The third-order valence-electron chi connectivity index (χ3n) is 5.74. The van der Waals surface area contributed by atoms with E-state index >= 15 is 0 Å². The molecule has 1 aliphatic heterocycles. The van der Waals surface area contributed by atoms with Crippen LogP contribution in [-0.4, -0.2) is 34.4 Å². The molecule has 0 spiro atoms. The van der Waals surface area contributed by atoms with Gasteiger partial charge in [0.25, 0.3) is 11.8 Å². The lowest BCUT2D eigenvalue weighted by Gasteiger charge is -2.23. The van der Waals surface area contributed by atoms with Gasteiger partial charge in [0.05, 0.1) is 29.8 Å². The summed E-state index contributed by atoms with van der Waals surface area (Å²) >= 11 is 1.55. The maximum Gasteiger partial charge on any atom is 0.255 e. The largest absolute Gasteiger partial charge is 0.467 e. The van der Waals surface area contributed by atoms with Crippen molar-refractivity contribution in [2.75, 3.05) is 11.1 Å². The summed E-state index contributed by atoms with van der Waals surface area (Å²) in [6.07, 6.45) is 2.41. The summed E-state index contributed by atoms with van der Waals surface area (Å²) in [4.78, 5) is 39.7. The third-order valence-corrected chi connectivity index (χ3v) is 7.00. The van der Waals surface area contributed by atoms with Crippen LogP contribution in [0.25, 0.3) is 0 Å². The SMILES string of the molecule is CC[C@H](C)NC(=O)c1ccccc1NC(=O)c1ccc([C@@H]2SCC(=O)N2Cc2ccco2)cc1.